The summed E-state index contributed by atoms with van der Waals surface area (Å²) in [7, 11) is 3.23. The van der Waals surface area contributed by atoms with Crippen molar-refractivity contribution in [3.8, 4) is 11.5 Å². The van der Waals surface area contributed by atoms with Crippen LogP contribution in [0.25, 0.3) is 0 Å². The fraction of sp³-hybridized carbons (Fsp3) is 0.500. The zero-order valence-electron chi connectivity index (χ0n) is 16.3. The summed E-state index contributed by atoms with van der Waals surface area (Å²) < 4.78 is 12.5. The maximum absolute atomic E-state index is 13.6. The summed E-state index contributed by atoms with van der Waals surface area (Å²) in [4.78, 5) is 15.5. The van der Waals surface area contributed by atoms with Crippen LogP contribution >= 0.6 is 0 Å². The molecule has 1 aliphatic heterocycles. The van der Waals surface area contributed by atoms with E-state index in [1.165, 1.54) is 0 Å². The number of carbonyl (C=O) groups is 1. The fourth-order valence-electron chi connectivity index (χ4n) is 3.72. The molecule has 1 aliphatic rings. The number of nitrogens with zero attached hydrogens (tertiary/aromatic N) is 3. The number of benzene rings is 1. The Hall–Kier alpha value is -2.54. The van der Waals surface area contributed by atoms with E-state index in [0.717, 1.165) is 31.5 Å². The van der Waals surface area contributed by atoms with Crippen LogP contribution in [0.3, 0.4) is 0 Å². The van der Waals surface area contributed by atoms with Gasteiger partial charge >= 0.3 is 0 Å². The molecule has 1 saturated heterocycles. The van der Waals surface area contributed by atoms with Crippen LogP contribution in [-0.4, -0.2) is 54.4 Å². The maximum Gasteiger partial charge on any atom is 0.250 e. The Morgan fingerprint density at radius 1 is 1.26 bits per heavy atom. The lowest BCUT2D eigenvalue weighted by atomic mass is 9.86. The van der Waals surface area contributed by atoms with Crippen molar-refractivity contribution >= 4 is 5.91 Å². The molecule has 146 valence electrons. The number of methoxy groups -OCH3 is 2. The molecule has 1 N–H and O–H groups in total. The summed E-state index contributed by atoms with van der Waals surface area (Å²) in [5, 5.41) is 7.76. The number of carbonyl (C=O) groups excluding carboxylic acids is 1. The molecule has 7 nitrogen and oxygen atoms in total. The molecule has 0 spiro atoms. The molecule has 0 unspecified atom stereocenters. The molecule has 2 heterocycles. The van der Waals surface area contributed by atoms with E-state index in [4.69, 9.17) is 9.47 Å². The van der Waals surface area contributed by atoms with Crippen LogP contribution in [-0.2, 0) is 16.9 Å². The highest BCUT2D eigenvalue weighted by Crippen LogP contribution is 2.31. The van der Waals surface area contributed by atoms with Gasteiger partial charge in [0.15, 0.2) is 11.5 Å². The summed E-state index contributed by atoms with van der Waals surface area (Å²) in [6.45, 7) is 4.77. The molecule has 0 saturated carbocycles. The molecule has 7 heteroatoms. The van der Waals surface area contributed by atoms with Crippen LogP contribution in [0.15, 0.2) is 36.7 Å². The van der Waals surface area contributed by atoms with E-state index in [-0.39, 0.29) is 5.91 Å². The molecule has 2 aromatic rings. The quantitative estimate of drug-likeness (QED) is 0.805. The number of piperidine rings is 1. The fourth-order valence-corrected chi connectivity index (χ4v) is 3.72. The lowest BCUT2D eigenvalue weighted by Crippen LogP contribution is -2.55. The minimum absolute atomic E-state index is 0.116. The predicted molar refractivity (Wildman–Crippen MR) is 103 cm³/mol. The first-order valence-corrected chi connectivity index (χ1v) is 9.35. The highest BCUT2D eigenvalue weighted by Gasteiger charge is 2.44. The van der Waals surface area contributed by atoms with Gasteiger partial charge in [0.25, 0.3) is 5.91 Å². The van der Waals surface area contributed by atoms with Crippen molar-refractivity contribution in [1.29, 1.82) is 0 Å². The van der Waals surface area contributed by atoms with E-state index >= 15 is 0 Å². The van der Waals surface area contributed by atoms with Crippen molar-refractivity contribution < 1.29 is 14.3 Å². The van der Waals surface area contributed by atoms with Crippen LogP contribution in [0.4, 0.5) is 0 Å². The van der Waals surface area contributed by atoms with E-state index in [9.17, 15) is 4.79 Å². The second kappa shape index (κ2) is 8.43. The van der Waals surface area contributed by atoms with Crippen molar-refractivity contribution in [2.75, 3.05) is 33.9 Å². The Bertz CT molecular complexity index is 755. The summed E-state index contributed by atoms with van der Waals surface area (Å²) >= 11 is 0. The normalized spacial score (nSPS) is 16.0. The molecule has 1 aromatic carbocycles. The number of hydrogen-bond acceptors (Lipinski definition) is 5. The molecular formula is C20H28N4O3. The van der Waals surface area contributed by atoms with E-state index < -0.39 is 5.54 Å². The predicted octanol–water partition coefficient (Wildman–Crippen LogP) is 2.03. The molecule has 0 bridgehead atoms. The number of nitrogens with one attached hydrogen (secondary N) is 1. The van der Waals surface area contributed by atoms with Gasteiger partial charge in [0, 0.05) is 25.5 Å². The Kier molecular flexibility index (Phi) is 6.01. The Labute approximate surface area is 160 Å². The third-order valence-electron chi connectivity index (χ3n) is 5.26. The second-order valence-corrected chi connectivity index (χ2v) is 6.74. The number of hydrogen-bond donors (Lipinski definition) is 1. The van der Waals surface area contributed by atoms with Gasteiger partial charge in [-0.3, -0.25) is 9.48 Å². The molecule has 27 heavy (non-hydrogen) atoms. The van der Waals surface area contributed by atoms with Gasteiger partial charge in [-0.05, 0) is 56.6 Å². The smallest absolute Gasteiger partial charge is 0.250 e. The third-order valence-corrected chi connectivity index (χ3v) is 5.26. The highest BCUT2D eigenvalue weighted by atomic mass is 16.5. The Morgan fingerprint density at radius 3 is 2.59 bits per heavy atom. The van der Waals surface area contributed by atoms with E-state index in [2.05, 4.69) is 10.4 Å². The molecule has 1 fully saturated rings. The van der Waals surface area contributed by atoms with E-state index in [0.29, 0.717) is 24.6 Å². The van der Waals surface area contributed by atoms with E-state index in [1.54, 1.807) is 20.4 Å². The average molecular weight is 372 g/mol. The summed E-state index contributed by atoms with van der Waals surface area (Å²) in [5.41, 5.74) is 0.383. The SMILES string of the molecule is CCN(Cc1ccc(OC)c(OC)c1)C(=O)C1(n2cccn2)CCNCC1. The van der Waals surface area contributed by atoms with Gasteiger partial charge in [0.05, 0.1) is 14.2 Å². The number of aromatic nitrogens is 2. The zero-order chi connectivity index (χ0) is 19.3. The molecular weight excluding hydrogens is 344 g/mol. The maximum atomic E-state index is 13.6. The van der Waals surface area contributed by atoms with Crippen molar-refractivity contribution in [3.05, 3.63) is 42.2 Å². The minimum atomic E-state index is -0.624. The third kappa shape index (κ3) is 3.78. The standard InChI is InChI=1S/C20H28N4O3/c1-4-23(15-16-6-7-17(26-2)18(14-16)27-3)19(25)20(8-11-21-12-9-20)24-13-5-10-22-24/h5-7,10,13-14,21H,4,8-9,11-12,15H2,1-3H3. The first-order valence-electron chi connectivity index (χ1n) is 9.35. The van der Waals surface area contributed by atoms with Gasteiger partial charge in [0.1, 0.15) is 5.54 Å². The number of ether oxygens (including phenoxy) is 2. The van der Waals surface area contributed by atoms with Crippen molar-refractivity contribution in [2.24, 2.45) is 0 Å². The van der Waals surface area contributed by atoms with Crippen LogP contribution in [0.5, 0.6) is 11.5 Å². The van der Waals surface area contributed by atoms with Gasteiger partial charge in [-0.25, -0.2) is 0 Å². The molecule has 0 radical (unpaired) electrons. The van der Waals surface area contributed by atoms with Crippen LogP contribution < -0.4 is 14.8 Å². The largest absolute Gasteiger partial charge is 0.493 e. The van der Waals surface area contributed by atoms with Crippen molar-refractivity contribution in [3.63, 3.8) is 0 Å². The second-order valence-electron chi connectivity index (χ2n) is 6.74. The summed E-state index contributed by atoms with van der Waals surface area (Å²) in [6.07, 6.45) is 5.10. The van der Waals surface area contributed by atoms with Crippen LogP contribution in [0, 0.1) is 0 Å². The molecule has 1 aromatic heterocycles. The van der Waals surface area contributed by atoms with Crippen molar-refractivity contribution in [1.82, 2.24) is 20.0 Å². The molecule has 0 aliphatic carbocycles. The monoisotopic (exact) mass is 372 g/mol. The topological polar surface area (TPSA) is 68.6 Å². The molecule has 3 rings (SSSR count). The van der Waals surface area contributed by atoms with Gasteiger partial charge in [-0.2, -0.15) is 5.10 Å². The molecule has 1 amide bonds. The van der Waals surface area contributed by atoms with Crippen molar-refractivity contribution in [2.45, 2.75) is 31.8 Å². The van der Waals surface area contributed by atoms with Crippen LogP contribution in [0.1, 0.15) is 25.3 Å². The highest BCUT2D eigenvalue weighted by molar-refractivity contribution is 5.84. The Morgan fingerprint density at radius 2 is 2.00 bits per heavy atom. The number of rotatable bonds is 7. The minimum Gasteiger partial charge on any atom is -0.493 e. The first kappa shape index (κ1) is 19.2. The average Bonchev–Trinajstić information content (AvgIpc) is 3.27. The lowest BCUT2D eigenvalue weighted by Gasteiger charge is -2.40. The van der Waals surface area contributed by atoms with Gasteiger partial charge in [-0.15, -0.1) is 0 Å². The first-order chi connectivity index (χ1) is 13.1. The summed E-state index contributed by atoms with van der Waals surface area (Å²) in [5.74, 6) is 1.47. The Balaban J connectivity index is 1.86. The van der Waals surface area contributed by atoms with Gasteiger partial charge < -0.3 is 19.7 Å². The number of likely N-dealkylation sites (N-methyl/N-ethyl adjacent to an activating group) is 1. The number of amides is 1. The zero-order valence-corrected chi connectivity index (χ0v) is 16.3. The van der Waals surface area contributed by atoms with Gasteiger partial charge in [0.2, 0.25) is 0 Å². The van der Waals surface area contributed by atoms with Crippen LogP contribution in [0.2, 0.25) is 0 Å². The van der Waals surface area contributed by atoms with E-state index in [1.807, 2.05) is 47.0 Å². The van der Waals surface area contributed by atoms with Gasteiger partial charge in [-0.1, -0.05) is 6.07 Å². The molecule has 0 atom stereocenters. The lowest BCUT2D eigenvalue weighted by molar-refractivity contribution is -0.143. The summed E-state index contributed by atoms with van der Waals surface area (Å²) in [6, 6.07) is 7.65.